The molecule has 0 saturated carbocycles. The molecular formula is C38H35ClN4O6S2. The number of carbonyl (C=O) groups is 4. The van der Waals surface area contributed by atoms with Crippen molar-refractivity contribution in [3.8, 4) is 0 Å². The summed E-state index contributed by atoms with van der Waals surface area (Å²) in [6.07, 6.45) is 1.07. The Morgan fingerprint density at radius 1 is 0.961 bits per heavy atom. The number of thiazole rings is 1. The molecule has 3 heterocycles. The van der Waals surface area contributed by atoms with Gasteiger partial charge in [0.25, 0.3) is 11.8 Å². The number of carbonyl (C=O) groups excluding carboxylic acids is 3. The number of nitrogens with one attached hydrogen (secondary N) is 2. The molecule has 3 N–H and O–H groups in total. The Morgan fingerprint density at radius 3 is 2.00 bits per heavy atom. The van der Waals surface area contributed by atoms with Crippen LogP contribution in [0.1, 0.15) is 43.2 Å². The molecule has 1 saturated heterocycles. The average molecular weight is 743 g/mol. The Bertz CT molecular complexity index is 1910. The summed E-state index contributed by atoms with van der Waals surface area (Å²) in [4.78, 5) is 58.3. The molecule has 3 aromatic carbocycles. The van der Waals surface area contributed by atoms with Gasteiger partial charge in [0.1, 0.15) is 28.3 Å². The maximum atomic E-state index is 14.0. The number of rotatable bonds is 11. The van der Waals surface area contributed by atoms with E-state index in [0.717, 1.165) is 27.7 Å². The van der Waals surface area contributed by atoms with Gasteiger partial charge >= 0.3 is 11.9 Å². The number of aromatic nitrogens is 1. The van der Waals surface area contributed by atoms with Gasteiger partial charge in [-0.3, -0.25) is 14.5 Å². The van der Waals surface area contributed by atoms with Crippen molar-refractivity contribution in [3.05, 3.63) is 136 Å². The van der Waals surface area contributed by atoms with Gasteiger partial charge in [-0.25, -0.2) is 14.6 Å². The number of alkyl halides is 1. The highest BCUT2D eigenvalue weighted by atomic mass is 35.5. The van der Waals surface area contributed by atoms with Gasteiger partial charge in [0.2, 0.25) is 0 Å². The third-order valence-corrected chi connectivity index (χ3v) is 10.7. The summed E-state index contributed by atoms with van der Waals surface area (Å²) < 4.78 is 5.52. The average Bonchev–Trinajstić information content (AvgIpc) is 3.59. The van der Waals surface area contributed by atoms with E-state index in [4.69, 9.17) is 21.3 Å². The molecule has 0 radical (unpaired) electrons. The number of hydrogen-bond donors (Lipinski definition) is 3. The van der Waals surface area contributed by atoms with Crippen molar-refractivity contribution in [1.29, 1.82) is 0 Å². The number of ether oxygens (including phenoxy) is 1. The quantitative estimate of drug-likeness (QED) is 0.0536. The van der Waals surface area contributed by atoms with Crippen LogP contribution in [-0.4, -0.2) is 67.4 Å². The minimum absolute atomic E-state index is 0.0365. The number of halogens is 1. The van der Waals surface area contributed by atoms with E-state index in [9.17, 15) is 24.3 Å². The van der Waals surface area contributed by atoms with Crippen molar-refractivity contribution < 1.29 is 29.0 Å². The zero-order valence-corrected chi connectivity index (χ0v) is 30.4. The van der Waals surface area contributed by atoms with Crippen LogP contribution in [0.15, 0.2) is 114 Å². The standard InChI is InChI=1S/C38H35ClN4O6S2/c1-37(2,3)49-29(44)19-27(32(45)41-30-33(46)43-31(35(47)48)23(20-39)21-50-34(30)43)28-22-51-36(40-28)42-38(24-13-7-4-8-14-24,25-15-9-5-10-16-25)26-17-11-6-12-18-26/h4-19,22,30,34H,20-21H2,1-3H3,(H,40,42)(H,41,45)(H,47,48)/t30?,34-/m1/s1. The Morgan fingerprint density at radius 2 is 1.51 bits per heavy atom. The largest absolute Gasteiger partial charge is 0.477 e. The summed E-state index contributed by atoms with van der Waals surface area (Å²) >= 11 is 8.53. The summed E-state index contributed by atoms with van der Waals surface area (Å²) in [5.41, 5.74) is 1.45. The number of carboxylic acid groups (broad SMARTS) is 1. The highest BCUT2D eigenvalue weighted by molar-refractivity contribution is 8.00. The van der Waals surface area contributed by atoms with Crippen LogP contribution in [0.4, 0.5) is 5.13 Å². The van der Waals surface area contributed by atoms with Gasteiger partial charge < -0.3 is 20.5 Å². The molecule has 1 unspecified atom stereocenters. The van der Waals surface area contributed by atoms with E-state index in [0.29, 0.717) is 16.5 Å². The molecule has 13 heteroatoms. The lowest BCUT2D eigenvalue weighted by Gasteiger charge is -2.49. The number of nitrogens with zero attached hydrogens (tertiary/aromatic N) is 2. The SMILES string of the molecule is CC(C)(C)OC(=O)C=C(C(=O)NC1C(=O)N2C(C(=O)O)=C(CCl)CS[C@H]12)c1csc(NC(c2ccccc2)(c2ccccc2)c2ccccc2)n1. The molecular weight excluding hydrogens is 708 g/mol. The second kappa shape index (κ2) is 14.7. The fourth-order valence-electron chi connectivity index (χ4n) is 6.11. The van der Waals surface area contributed by atoms with Crippen molar-refractivity contribution in [2.75, 3.05) is 16.9 Å². The molecule has 1 fully saturated rings. The minimum atomic E-state index is -1.26. The van der Waals surface area contributed by atoms with Gasteiger partial charge in [0, 0.05) is 23.1 Å². The van der Waals surface area contributed by atoms with Crippen LogP contribution in [0.25, 0.3) is 5.57 Å². The molecule has 262 valence electrons. The number of β-lactam (4-membered cyclic amide) rings is 1. The molecule has 6 rings (SSSR count). The fraction of sp³-hybridized carbons (Fsp3) is 0.237. The van der Waals surface area contributed by atoms with Crippen molar-refractivity contribution in [2.24, 2.45) is 0 Å². The summed E-state index contributed by atoms with van der Waals surface area (Å²) in [7, 11) is 0. The molecule has 2 amide bonds. The molecule has 4 aromatic rings. The maximum Gasteiger partial charge on any atom is 0.352 e. The number of benzene rings is 3. The molecule has 2 atom stereocenters. The number of fused-ring (bicyclic) bond motifs is 1. The lowest BCUT2D eigenvalue weighted by molar-refractivity contribution is -0.150. The molecule has 51 heavy (non-hydrogen) atoms. The highest BCUT2D eigenvalue weighted by Crippen LogP contribution is 2.42. The van der Waals surface area contributed by atoms with Crippen LogP contribution in [0.2, 0.25) is 0 Å². The first-order chi connectivity index (χ1) is 24.4. The highest BCUT2D eigenvalue weighted by Gasteiger charge is 2.54. The van der Waals surface area contributed by atoms with Crippen LogP contribution in [0, 0.1) is 0 Å². The van der Waals surface area contributed by atoms with Gasteiger partial charge in [-0.15, -0.1) is 34.7 Å². The zero-order valence-electron chi connectivity index (χ0n) is 28.0. The summed E-state index contributed by atoms with van der Waals surface area (Å²) in [6.45, 7) is 5.14. The second-order valence-corrected chi connectivity index (χ2v) is 15.1. The van der Waals surface area contributed by atoms with Crippen molar-refractivity contribution in [3.63, 3.8) is 0 Å². The van der Waals surface area contributed by atoms with Crippen molar-refractivity contribution in [2.45, 2.75) is 43.3 Å². The Hall–Kier alpha value is -4.91. The maximum absolute atomic E-state index is 14.0. The van der Waals surface area contributed by atoms with Gasteiger partial charge in [0.05, 0.1) is 11.3 Å². The summed E-state index contributed by atoms with van der Waals surface area (Å²) in [6, 6.07) is 28.8. The van der Waals surface area contributed by atoms with E-state index < -0.39 is 46.3 Å². The summed E-state index contributed by atoms with van der Waals surface area (Å²) in [5.74, 6) is -3.10. The smallest absolute Gasteiger partial charge is 0.352 e. The number of anilines is 1. The third kappa shape index (κ3) is 7.30. The Labute approximate surface area is 308 Å². The zero-order chi connectivity index (χ0) is 36.3. The van der Waals surface area contributed by atoms with E-state index in [1.165, 1.54) is 23.1 Å². The molecule has 2 aliphatic heterocycles. The molecule has 0 aliphatic carbocycles. The van der Waals surface area contributed by atoms with Crippen molar-refractivity contribution in [1.82, 2.24) is 15.2 Å². The first-order valence-electron chi connectivity index (χ1n) is 16.0. The van der Waals surface area contributed by atoms with E-state index >= 15 is 0 Å². The first kappa shape index (κ1) is 35.9. The first-order valence-corrected chi connectivity index (χ1v) is 18.5. The molecule has 10 nitrogen and oxygen atoms in total. The number of thioether (sulfide) groups is 1. The van der Waals surface area contributed by atoms with Crippen LogP contribution < -0.4 is 10.6 Å². The van der Waals surface area contributed by atoms with Crippen LogP contribution >= 0.6 is 34.7 Å². The number of hydrogen-bond acceptors (Lipinski definition) is 9. The van der Waals surface area contributed by atoms with Gasteiger partial charge in [0.15, 0.2) is 5.13 Å². The molecule has 0 spiro atoms. The van der Waals surface area contributed by atoms with Crippen LogP contribution in [0.3, 0.4) is 0 Å². The third-order valence-electron chi connectivity index (χ3n) is 8.31. The monoisotopic (exact) mass is 742 g/mol. The second-order valence-electron chi connectivity index (χ2n) is 12.9. The lowest BCUT2D eigenvalue weighted by Crippen LogP contribution is -2.70. The molecule has 1 aromatic heterocycles. The van der Waals surface area contributed by atoms with E-state index in [1.807, 2.05) is 91.0 Å². The van der Waals surface area contributed by atoms with Crippen molar-refractivity contribution >= 4 is 69.2 Å². The summed E-state index contributed by atoms with van der Waals surface area (Å²) in [5, 5.41) is 17.7. The molecule has 0 bridgehead atoms. The fourth-order valence-corrected chi connectivity index (χ4v) is 8.55. The van der Waals surface area contributed by atoms with E-state index in [2.05, 4.69) is 10.6 Å². The number of carboxylic acids is 1. The van der Waals surface area contributed by atoms with Gasteiger partial charge in [-0.2, -0.15) is 0 Å². The van der Waals surface area contributed by atoms with Gasteiger partial charge in [-0.1, -0.05) is 91.0 Å². The number of amides is 2. The Balaban J connectivity index is 1.36. The van der Waals surface area contributed by atoms with Crippen LogP contribution in [0.5, 0.6) is 0 Å². The topological polar surface area (TPSA) is 138 Å². The Kier molecular flexibility index (Phi) is 10.4. The molecule has 2 aliphatic rings. The minimum Gasteiger partial charge on any atom is -0.477 e. The number of esters is 1. The predicted octanol–water partition coefficient (Wildman–Crippen LogP) is 6.25. The normalized spacial score (nSPS) is 17.7. The van der Waals surface area contributed by atoms with E-state index in [-0.39, 0.29) is 22.8 Å². The number of aliphatic carboxylic acids is 1. The lowest BCUT2D eigenvalue weighted by atomic mass is 9.77. The predicted molar refractivity (Wildman–Crippen MR) is 199 cm³/mol. The van der Waals surface area contributed by atoms with Crippen LogP contribution in [-0.2, 0) is 29.5 Å². The van der Waals surface area contributed by atoms with E-state index in [1.54, 1.807) is 26.2 Å². The van der Waals surface area contributed by atoms with Gasteiger partial charge in [-0.05, 0) is 43.0 Å².